The van der Waals surface area contributed by atoms with Crippen LogP contribution in [0.4, 0.5) is 34.1 Å². The Morgan fingerprint density at radius 1 is 0.240 bits per heavy atom. The van der Waals surface area contributed by atoms with Crippen molar-refractivity contribution >= 4 is 112 Å². The highest BCUT2D eigenvalue weighted by Gasteiger charge is 2.23. The molecule has 14 rings (SSSR count). The summed E-state index contributed by atoms with van der Waals surface area (Å²) in [6.45, 7) is 8.27. The molecule has 0 atom stereocenters. The molecule has 0 aliphatic carbocycles. The van der Waals surface area contributed by atoms with Crippen molar-refractivity contribution in [3.05, 3.63) is 285 Å². The van der Waals surface area contributed by atoms with Crippen LogP contribution in [0.1, 0.15) is 11.1 Å². The summed E-state index contributed by atoms with van der Waals surface area (Å²) in [6.07, 6.45) is 3.86. The van der Waals surface area contributed by atoms with Gasteiger partial charge in [0.25, 0.3) is 0 Å². The molecule has 5 nitrogen and oxygen atoms in total. The number of benzene rings is 11. The molecule has 75 heavy (non-hydrogen) atoms. The van der Waals surface area contributed by atoms with E-state index in [1.165, 1.54) is 21.5 Å². The number of hydrogen-bond donors (Lipinski definition) is 0. The van der Waals surface area contributed by atoms with Crippen LogP contribution in [-0.4, -0.2) is 13.7 Å². The molecule has 0 spiro atoms. The highest BCUT2D eigenvalue weighted by molar-refractivity contribution is 6.15. The fourth-order valence-electron chi connectivity index (χ4n) is 11.5. The van der Waals surface area contributed by atoms with E-state index in [2.05, 4.69) is 298 Å². The third-order valence-corrected chi connectivity index (χ3v) is 14.9. The number of fused-ring (bicyclic) bond motifs is 9. The molecule has 0 N–H and O–H groups in total. The van der Waals surface area contributed by atoms with Crippen LogP contribution in [-0.2, 0) is 0 Å². The molecule has 0 bridgehead atoms. The molecule has 0 radical (unpaired) electrons. The van der Waals surface area contributed by atoms with Gasteiger partial charge < -0.3 is 23.5 Å². The average Bonchev–Trinajstić information content (AvgIpc) is 4.16. The number of nitrogens with zero attached hydrogens (tertiary/aromatic N) is 5. The summed E-state index contributed by atoms with van der Waals surface area (Å²) in [7, 11) is 0. The van der Waals surface area contributed by atoms with E-state index >= 15 is 0 Å². The average molecular weight is 960 g/mol. The summed E-state index contributed by atoms with van der Waals surface area (Å²) in [5.74, 6) is 0. The summed E-state index contributed by atoms with van der Waals surface area (Å²) in [6, 6.07) is 94.5. The van der Waals surface area contributed by atoms with Crippen molar-refractivity contribution in [1.29, 1.82) is 0 Å². The number of anilines is 6. The minimum Gasteiger partial charge on any atom is -0.310 e. The first-order valence-corrected chi connectivity index (χ1v) is 25.5. The molecule has 354 valence electrons. The van der Waals surface area contributed by atoms with E-state index in [0.29, 0.717) is 0 Å². The molecule has 0 saturated carbocycles. The molecular formula is C70H49N5. The van der Waals surface area contributed by atoms with Crippen molar-refractivity contribution in [3.8, 4) is 17.1 Å². The quantitative estimate of drug-likeness (QED) is 0.129. The molecule has 3 aromatic heterocycles. The standard InChI is InChI=1S/C70H49N5/c1-3-48-30-36-65-59(42-48)61-44-55(32-38-67(61)73(65)52-24-14-7-15-25-52)71(50-20-10-5-11-21-50)57-34-40-69-63(46-57)64-47-58(35-41-70(64)75(69)54-28-18-9-19-29-54)72(51-22-12-6-13-23-51)56-33-39-68-62(45-56)60-43-49(4-2)31-37-66(60)74(68)53-26-16-8-17-27-53/h3-47H,1-2H2. The first-order valence-electron chi connectivity index (χ1n) is 25.5. The second-order valence-corrected chi connectivity index (χ2v) is 19.1. The Kier molecular flexibility index (Phi) is 10.4. The maximum atomic E-state index is 4.13. The third kappa shape index (κ3) is 7.24. The van der Waals surface area contributed by atoms with Gasteiger partial charge in [-0.15, -0.1) is 0 Å². The van der Waals surface area contributed by atoms with Gasteiger partial charge in [-0.3, -0.25) is 0 Å². The van der Waals surface area contributed by atoms with E-state index in [1.54, 1.807) is 0 Å². The van der Waals surface area contributed by atoms with E-state index in [4.69, 9.17) is 0 Å². The van der Waals surface area contributed by atoms with Crippen LogP contribution in [0, 0.1) is 0 Å². The van der Waals surface area contributed by atoms with E-state index in [-0.39, 0.29) is 0 Å². The minimum absolute atomic E-state index is 1.06. The fraction of sp³-hybridized carbons (Fsp3) is 0. The lowest BCUT2D eigenvalue weighted by Crippen LogP contribution is -2.10. The predicted molar refractivity (Wildman–Crippen MR) is 319 cm³/mol. The topological polar surface area (TPSA) is 21.3 Å². The van der Waals surface area contributed by atoms with E-state index in [9.17, 15) is 0 Å². The second-order valence-electron chi connectivity index (χ2n) is 19.1. The summed E-state index contributed by atoms with van der Waals surface area (Å²) in [4.78, 5) is 4.79. The smallest absolute Gasteiger partial charge is 0.0542 e. The van der Waals surface area contributed by atoms with E-state index in [1.807, 2.05) is 12.2 Å². The monoisotopic (exact) mass is 959 g/mol. The highest BCUT2D eigenvalue weighted by Crippen LogP contribution is 2.45. The van der Waals surface area contributed by atoms with Crippen LogP contribution in [0.15, 0.2) is 274 Å². The molecule has 0 aliphatic heterocycles. The second kappa shape index (κ2) is 17.9. The zero-order valence-electron chi connectivity index (χ0n) is 41.1. The van der Waals surface area contributed by atoms with Crippen LogP contribution in [0.25, 0.3) is 94.6 Å². The van der Waals surface area contributed by atoms with Gasteiger partial charge in [0, 0.05) is 83.5 Å². The normalized spacial score (nSPS) is 11.6. The van der Waals surface area contributed by atoms with Gasteiger partial charge in [0.05, 0.1) is 33.1 Å². The maximum Gasteiger partial charge on any atom is 0.0542 e. The van der Waals surface area contributed by atoms with Gasteiger partial charge in [0.2, 0.25) is 0 Å². The predicted octanol–water partition coefficient (Wildman–Crippen LogP) is 19.2. The van der Waals surface area contributed by atoms with Gasteiger partial charge in [-0.25, -0.2) is 0 Å². The molecule has 0 saturated heterocycles. The Morgan fingerprint density at radius 2 is 0.480 bits per heavy atom. The SMILES string of the molecule is C=Cc1ccc2c(c1)c1cc(N(c3ccccc3)c3ccc4c(c3)c3cc(N(c5ccccc5)c5ccc6c(c5)c5cc(C=C)ccc5n6-c5ccccc5)ccc3n4-c3ccccc3)ccc1n2-c1ccccc1. The van der Waals surface area contributed by atoms with Crippen LogP contribution in [0.3, 0.4) is 0 Å². The Bertz CT molecular complexity index is 4220. The maximum absolute atomic E-state index is 4.13. The molecule has 0 amide bonds. The van der Waals surface area contributed by atoms with Gasteiger partial charge in [0.1, 0.15) is 0 Å². The Labute approximate surface area is 435 Å². The number of aromatic nitrogens is 3. The number of rotatable bonds is 11. The van der Waals surface area contributed by atoms with Gasteiger partial charge in [-0.05, 0) is 169 Å². The van der Waals surface area contributed by atoms with Crippen molar-refractivity contribution in [3.63, 3.8) is 0 Å². The van der Waals surface area contributed by atoms with Gasteiger partial charge in [-0.1, -0.05) is 128 Å². The minimum atomic E-state index is 1.06. The van der Waals surface area contributed by atoms with Gasteiger partial charge >= 0.3 is 0 Å². The Balaban J connectivity index is 0.984. The van der Waals surface area contributed by atoms with Crippen LogP contribution < -0.4 is 9.80 Å². The van der Waals surface area contributed by atoms with E-state index < -0.39 is 0 Å². The molecule has 0 fully saturated rings. The summed E-state index contributed by atoms with van der Waals surface area (Å²) in [5, 5.41) is 7.01. The number of hydrogen-bond acceptors (Lipinski definition) is 2. The van der Waals surface area contributed by atoms with Crippen LogP contribution in [0.5, 0.6) is 0 Å². The fourth-order valence-corrected chi connectivity index (χ4v) is 11.5. The Morgan fingerprint density at radius 3 is 0.747 bits per heavy atom. The largest absolute Gasteiger partial charge is 0.310 e. The zero-order valence-corrected chi connectivity index (χ0v) is 41.1. The summed E-state index contributed by atoms with van der Waals surface area (Å²) < 4.78 is 7.14. The van der Waals surface area contributed by atoms with Crippen molar-refractivity contribution in [2.45, 2.75) is 0 Å². The summed E-state index contributed by atoms with van der Waals surface area (Å²) in [5.41, 5.74) is 18.8. The zero-order chi connectivity index (χ0) is 50.0. The molecule has 11 aromatic carbocycles. The highest BCUT2D eigenvalue weighted by atomic mass is 15.2. The molecular weight excluding hydrogens is 911 g/mol. The summed E-state index contributed by atoms with van der Waals surface area (Å²) >= 11 is 0. The van der Waals surface area contributed by atoms with Crippen LogP contribution in [0.2, 0.25) is 0 Å². The first-order chi connectivity index (χ1) is 37.1. The first kappa shape index (κ1) is 43.7. The van der Waals surface area contributed by atoms with Crippen molar-refractivity contribution in [2.24, 2.45) is 0 Å². The van der Waals surface area contributed by atoms with Crippen LogP contribution >= 0.6 is 0 Å². The molecule has 14 aromatic rings. The molecule has 3 heterocycles. The lowest BCUT2D eigenvalue weighted by Gasteiger charge is -2.26. The third-order valence-electron chi connectivity index (χ3n) is 14.9. The van der Waals surface area contributed by atoms with Crippen molar-refractivity contribution < 1.29 is 0 Å². The molecule has 0 aliphatic rings. The molecule has 0 unspecified atom stereocenters. The van der Waals surface area contributed by atoms with E-state index in [0.717, 1.165) is 106 Å². The van der Waals surface area contributed by atoms with Gasteiger partial charge in [-0.2, -0.15) is 0 Å². The Hall–Kier alpha value is -10.1. The number of para-hydroxylation sites is 5. The lowest BCUT2D eigenvalue weighted by molar-refractivity contribution is 1.18. The van der Waals surface area contributed by atoms with Gasteiger partial charge in [0.15, 0.2) is 0 Å². The lowest BCUT2D eigenvalue weighted by atomic mass is 10.1. The van der Waals surface area contributed by atoms with Crippen molar-refractivity contribution in [2.75, 3.05) is 9.80 Å². The molecule has 5 heteroatoms. The van der Waals surface area contributed by atoms with Crippen molar-refractivity contribution in [1.82, 2.24) is 13.7 Å².